The SMILES string of the molecule is OCCN(Cc1cscn1)CC1CCCN1. The van der Waals surface area contributed by atoms with Crippen LogP contribution in [0, 0.1) is 0 Å². The Hall–Kier alpha value is -0.490. The van der Waals surface area contributed by atoms with Crippen LogP contribution >= 0.6 is 11.3 Å². The highest BCUT2D eigenvalue weighted by Crippen LogP contribution is 2.10. The lowest BCUT2D eigenvalue weighted by atomic mass is 10.2. The predicted molar refractivity (Wildman–Crippen MR) is 65.5 cm³/mol. The van der Waals surface area contributed by atoms with Gasteiger partial charge in [-0.2, -0.15) is 0 Å². The lowest BCUT2D eigenvalue weighted by Crippen LogP contribution is -2.38. The molecule has 5 heteroatoms. The van der Waals surface area contributed by atoms with E-state index in [0.29, 0.717) is 6.04 Å². The van der Waals surface area contributed by atoms with E-state index in [9.17, 15) is 0 Å². The van der Waals surface area contributed by atoms with E-state index < -0.39 is 0 Å². The van der Waals surface area contributed by atoms with Crippen molar-refractivity contribution in [1.82, 2.24) is 15.2 Å². The van der Waals surface area contributed by atoms with Crippen LogP contribution < -0.4 is 5.32 Å². The van der Waals surface area contributed by atoms with Crippen LogP contribution in [-0.4, -0.2) is 47.3 Å². The van der Waals surface area contributed by atoms with Crippen LogP contribution in [-0.2, 0) is 6.54 Å². The maximum atomic E-state index is 9.06. The van der Waals surface area contributed by atoms with Crippen molar-refractivity contribution in [1.29, 1.82) is 0 Å². The Morgan fingerprint density at radius 1 is 1.62 bits per heavy atom. The fourth-order valence-electron chi connectivity index (χ4n) is 2.15. The zero-order valence-electron chi connectivity index (χ0n) is 9.43. The largest absolute Gasteiger partial charge is 0.395 e. The first-order valence-electron chi connectivity index (χ1n) is 5.82. The first-order chi connectivity index (χ1) is 7.88. The van der Waals surface area contributed by atoms with Gasteiger partial charge in [0.15, 0.2) is 0 Å². The molecule has 1 unspecified atom stereocenters. The standard InChI is InChI=1S/C11H19N3OS/c15-5-4-14(6-10-2-1-3-12-10)7-11-8-16-9-13-11/h8-10,12,15H,1-7H2. The molecule has 1 saturated heterocycles. The maximum Gasteiger partial charge on any atom is 0.0795 e. The van der Waals surface area contributed by atoms with E-state index in [-0.39, 0.29) is 6.61 Å². The second-order valence-corrected chi connectivity index (χ2v) is 4.95. The number of hydrogen-bond acceptors (Lipinski definition) is 5. The second kappa shape index (κ2) is 6.30. The summed E-state index contributed by atoms with van der Waals surface area (Å²) in [6.45, 7) is 3.95. The van der Waals surface area contributed by atoms with Crippen LogP contribution in [0.25, 0.3) is 0 Å². The molecule has 0 bridgehead atoms. The molecular weight excluding hydrogens is 222 g/mol. The summed E-state index contributed by atoms with van der Waals surface area (Å²) in [5.41, 5.74) is 2.97. The highest BCUT2D eigenvalue weighted by atomic mass is 32.1. The minimum Gasteiger partial charge on any atom is -0.395 e. The molecule has 0 spiro atoms. The van der Waals surface area contributed by atoms with Gasteiger partial charge in [0.2, 0.25) is 0 Å². The van der Waals surface area contributed by atoms with Crippen molar-refractivity contribution in [3.8, 4) is 0 Å². The number of thiazole rings is 1. The first kappa shape index (κ1) is 12.0. The van der Waals surface area contributed by atoms with Crippen LogP contribution in [0.3, 0.4) is 0 Å². The molecule has 0 saturated carbocycles. The molecule has 0 aromatic carbocycles. The number of nitrogens with zero attached hydrogens (tertiary/aromatic N) is 2. The van der Waals surface area contributed by atoms with E-state index in [1.807, 2.05) is 5.51 Å². The smallest absolute Gasteiger partial charge is 0.0795 e. The molecule has 90 valence electrons. The molecule has 2 N–H and O–H groups in total. The van der Waals surface area contributed by atoms with E-state index in [2.05, 4.69) is 20.6 Å². The van der Waals surface area contributed by atoms with Gasteiger partial charge >= 0.3 is 0 Å². The molecule has 0 radical (unpaired) electrons. The molecule has 1 aliphatic rings. The molecule has 2 heterocycles. The van der Waals surface area contributed by atoms with Crippen molar-refractivity contribution in [2.24, 2.45) is 0 Å². The van der Waals surface area contributed by atoms with Crippen molar-refractivity contribution in [3.05, 3.63) is 16.6 Å². The van der Waals surface area contributed by atoms with E-state index in [1.165, 1.54) is 12.8 Å². The Morgan fingerprint density at radius 3 is 3.19 bits per heavy atom. The molecule has 1 aliphatic heterocycles. The Bertz CT molecular complexity index is 285. The molecule has 1 atom stereocenters. The van der Waals surface area contributed by atoms with E-state index in [0.717, 1.165) is 31.9 Å². The zero-order valence-corrected chi connectivity index (χ0v) is 10.2. The highest BCUT2D eigenvalue weighted by Gasteiger charge is 2.18. The van der Waals surface area contributed by atoms with E-state index in [4.69, 9.17) is 5.11 Å². The number of rotatable bonds is 6. The van der Waals surface area contributed by atoms with Crippen molar-refractivity contribution < 1.29 is 5.11 Å². The number of aliphatic hydroxyl groups excluding tert-OH is 1. The molecule has 1 aromatic rings. The van der Waals surface area contributed by atoms with Gasteiger partial charge in [0.25, 0.3) is 0 Å². The summed E-state index contributed by atoms with van der Waals surface area (Å²) in [6.07, 6.45) is 2.52. The minimum atomic E-state index is 0.219. The van der Waals surface area contributed by atoms with Crippen LogP contribution in [0.5, 0.6) is 0 Å². The van der Waals surface area contributed by atoms with Crippen molar-refractivity contribution >= 4 is 11.3 Å². The number of nitrogens with one attached hydrogen (secondary N) is 1. The van der Waals surface area contributed by atoms with E-state index in [1.54, 1.807) is 11.3 Å². The summed E-state index contributed by atoms with van der Waals surface area (Å²) in [4.78, 5) is 6.56. The van der Waals surface area contributed by atoms with Gasteiger partial charge in [-0.15, -0.1) is 11.3 Å². The monoisotopic (exact) mass is 241 g/mol. The van der Waals surface area contributed by atoms with Gasteiger partial charge in [-0.3, -0.25) is 4.90 Å². The Morgan fingerprint density at radius 2 is 2.56 bits per heavy atom. The predicted octanol–water partition coefficient (Wildman–Crippen LogP) is 0.689. The second-order valence-electron chi connectivity index (χ2n) is 4.23. The molecular formula is C11H19N3OS. The molecule has 2 rings (SSSR count). The molecule has 16 heavy (non-hydrogen) atoms. The van der Waals surface area contributed by atoms with Gasteiger partial charge in [-0.1, -0.05) is 0 Å². The lowest BCUT2D eigenvalue weighted by Gasteiger charge is -2.23. The lowest BCUT2D eigenvalue weighted by molar-refractivity contribution is 0.178. The Labute approximate surface area is 100 Å². The molecule has 1 aromatic heterocycles. The molecule has 0 aliphatic carbocycles. The summed E-state index contributed by atoms with van der Waals surface area (Å²) in [6, 6.07) is 0.588. The fourth-order valence-corrected chi connectivity index (χ4v) is 2.69. The maximum absolute atomic E-state index is 9.06. The zero-order chi connectivity index (χ0) is 11.2. The van der Waals surface area contributed by atoms with Gasteiger partial charge in [0, 0.05) is 31.1 Å². The third-order valence-electron chi connectivity index (χ3n) is 2.93. The summed E-state index contributed by atoms with van der Waals surface area (Å²) < 4.78 is 0. The highest BCUT2D eigenvalue weighted by molar-refractivity contribution is 7.07. The number of aliphatic hydroxyl groups is 1. The van der Waals surface area contributed by atoms with Crippen molar-refractivity contribution in [2.75, 3.05) is 26.2 Å². The summed E-state index contributed by atoms with van der Waals surface area (Å²) >= 11 is 1.63. The van der Waals surface area contributed by atoms with Crippen molar-refractivity contribution in [3.63, 3.8) is 0 Å². The third-order valence-corrected chi connectivity index (χ3v) is 3.56. The average molecular weight is 241 g/mol. The van der Waals surface area contributed by atoms with Gasteiger partial charge < -0.3 is 10.4 Å². The van der Waals surface area contributed by atoms with Crippen LogP contribution in [0.1, 0.15) is 18.5 Å². The summed E-state index contributed by atoms with van der Waals surface area (Å²) in [5, 5.41) is 14.6. The first-order valence-corrected chi connectivity index (χ1v) is 6.76. The van der Waals surface area contributed by atoms with Gasteiger partial charge in [0.05, 0.1) is 17.8 Å². The number of aromatic nitrogens is 1. The summed E-state index contributed by atoms with van der Waals surface area (Å²) in [5.74, 6) is 0. The van der Waals surface area contributed by atoms with Crippen LogP contribution in [0.4, 0.5) is 0 Å². The third kappa shape index (κ3) is 3.52. The van der Waals surface area contributed by atoms with Crippen LogP contribution in [0.15, 0.2) is 10.9 Å². The Balaban J connectivity index is 1.83. The van der Waals surface area contributed by atoms with Gasteiger partial charge in [-0.25, -0.2) is 4.98 Å². The molecule has 1 fully saturated rings. The van der Waals surface area contributed by atoms with Crippen molar-refractivity contribution in [2.45, 2.75) is 25.4 Å². The van der Waals surface area contributed by atoms with Gasteiger partial charge in [0.1, 0.15) is 0 Å². The number of hydrogen-bond donors (Lipinski definition) is 2. The molecule has 4 nitrogen and oxygen atoms in total. The fraction of sp³-hybridized carbons (Fsp3) is 0.727. The molecule has 0 amide bonds. The topological polar surface area (TPSA) is 48.4 Å². The Kier molecular flexibility index (Phi) is 4.71. The van der Waals surface area contributed by atoms with E-state index >= 15 is 0 Å². The van der Waals surface area contributed by atoms with Crippen LogP contribution in [0.2, 0.25) is 0 Å². The minimum absolute atomic E-state index is 0.219. The normalized spacial score (nSPS) is 20.8. The summed E-state index contributed by atoms with van der Waals surface area (Å²) in [7, 11) is 0. The van der Waals surface area contributed by atoms with Gasteiger partial charge in [-0.05, 0) is 19.4 Å². The average Bonchev–Trinajstić information content (AvgIpc) is 2.91. The quantitative estimate of drug-likeness (QED) is 0.769.